The number of rotatable bonds is 1. The maximum atomic E-state index is 12.7. The Kier molecular flexibility index (Phi) is 3.15. The van der Waals surface area contributed by atoms with Crippen molar-refractivity contribution in [3.8, 4) is 0 Å². The zero-order valence-corrected chi connectivity index (χ0v) is 10.2. The summed E-state index contributed by atoms with van der Waals surface area (Å²) < 4.78 is 39.0. The molecule has 0 bridgehead atoms. The topological polar surface area (TPSA) is 32.5 Å². The Balaban J connectivity index is 2.36. The van der Waals surface area contributed by atoms with Crippen molar-refractivity contribution in [2.24, 2.45) is 5.84 Å². The molecule has 0 saturated carbocycles. The third-order valence-electron chi connectivity index (χ3n) is 2.32. The van der Waals surface area contributed by atoms with E-state index >= 15 is 0 Å². The number of hydrogen-bond donors (Lipinski definition) is 1. The zero-order valence-electron chi connectivity index (χ0n) is 8.58. The van der Waals surface area contributed by atoms with E-state index in [2.05, 4.69) is 15.9 Å². The summed E-state index contributed by atoms with van der Waals surface area (Å²) in [6.07, 6.45) is -3.36. The predicted octanol–water partition coefficient (Wildman–Crippen LogP) is 2.81. The summed E-state index contributed by atoms with van der Waals surface area (Å²) in [5.41, 5.74) is -0.390. The molecule has 0 saturated heterocycles. The van der Waals surface area contributed by atoms with E-state index in [0.29, 0.717) is 5.69 Å². The van der Waals surface area contributed by atoms with Crippen molar-refractivity contribution in [3.05, 3.63) is 40.5 Å². The largest absolute Gasteiger partial charge is 0.432 e. The lowest BCUT2D eigenvalue weighted by atomic mass is 10.3. The van der Waals surface area contributed by atoms with Crippen LogP contribution in [-0.4, -0.2) is 17.8 Å². The van der Waals surface area contributed by atoms with Crippen LogP contribution in [0.1, 0.15) is 0 Å². The molecule has 0 spiro atoms. The normalized spacial score (nSPS) is 17.5. The highest BCUT2D eigenvalue weighted by Gasteiger charge is 2.42. The van der Waals surface area contributed by atoms with E-state index in [1.165, 1.54) is 0 Å². The summed E-state index contributed by atoms with van der Waals surface area (Å²) >= 11 is 3.22. The predicted molar refractivity (Wildman–Crippen MR) is 61.7 cm³/mol. The van der Waals surface area contributed by atoms with Gasteiger partial charge in [-0.15, -0.1) is 0 Å². The van der Waals surface area contributed by atoms with Gasteiger partial charge in [-0.25, -0.2) is 5.84 Å². The minimum atomic E-state index is -4.42. The first-order valence-electron chi connectivity index (χ1n) is 4.75. The summed E-state index contributed by atoms with van der Waals surface area (Å²) in [4.78, 5) is 0. The number of benzene rings is 1. The number of nitrogens with zero attached hydrogens (tertiary/aromatic N) is 2. The van der Waals surface area contributed by atoms with Crippen molar-refractivity contribution in [1.29, 1.82) is 0 Å². The number of hydrazine groups is 2. The molecule has 2 N–H and O–H groups in total. The molecule has 1 heterocycles. The Hall–Kier alpha value is -1.05. The molecule has 0 atom stereocenters. The lowest BCUT2D eigenvalue weighted by Gasteiger charge is -2.29. The summed E-state index contributed by atoms with van der Waals surface area (Å²) in [7, 11) is 0. The minimum absolute atomic E-state index is 0.0326. The summed E-state index contributed by atoms with van der Waals surface area (Å²) in [6, 6.07) is 6.45. The second-order valence-corrected chi connectivity index (χ2v) is 4.41. The molecule has 0 amide bonds. The first kappa shape index (κ1) is 12.4. The van der Waals surface area contributed by atoms with Crippen molar-refractivity contribution < 1.29 is 13.2 Å². The molecule has 17 heavy (non-hydrogen) atoms. The van der Waals surface area contributed by atoms with E-state index in [1.807, 2.05) is 0 Å². The highest BCUT2D eigenvalue weighted by molar-refractivity contribution is 9.10. The van der Waals surface area contributed by atoms with E-state index in [1.54, 1.807) is 24.3 Å². The number of nitrogens with two attached hydrogens (primary N) is 1. The van der Waals surface area contributed by atoms with Crippen LogP contribution in [-0.2, 0) is 0 Å². The van der Waals surface area contributed by atoms with E-state index in [-0.39, 0.29) is 6.54 Å². The van der Waals surface area contributed by atoms with Crippen LogP contribution in [0.15, 0.2) is 40.5 Å². The molecule has 1 aromatic carbocycles. The highest BCUT2D eigenvalue weighted by Crippen LogP contribution is 2.35. The van der Waals surface area contributed by atoms with Crippen LogP contribution in [0.2, 0.25) is 0 Å². The number of allylic oxidation sites excluding steroid dienone is 1. The van der Waals surface area contributed by atoms with Crippen LogP contribution in [0.3, 0.4) is 0 Å². The molecular formula is C10H9BrF3N3. The summed E-state index contributed by atoms with van der Waals surface area (Å²) in [6.45, 7) is 0.0326. The maximum absolute atomic E-state index is 12.7. The molecule has 7 heteroatoms. The molecule has 92 valence electrons. The number of anilines is 1. The molecular weight excluding hydrogens is 299 g/mol. The van der Waals surface area contributed by atoms with Gasteiger partial charge in [-0.2, -0.15) is 18.3 Å². The molecule has 0 aliphatic carbocycles. The fourth-order valence-electron chi connectivity index (χ4n) is 1.59. The van der Waals surface area contributed by atoms with Gasteiger partial charge in [0.15, 0.2) is 0 Å². The van der Waals surface area contributed by atoms with Crippen molar-refractivity contribution in [3.63, 3.8) is 0 Å². The Morgan fingerprint density at radius 3 is 2.29 bits per heavy atom. The third kappa shape index (κ3) is 2.46. The molecule has 2 rings (SSSR count). The lowest BCUT2D eigenvalue weighted by Crippen LogP contribution is -2.45. The van der Waals surface area contributed by atoms with Gasteiger partial charge in [0.1, 0.15) is 5.70 Å². The van der Waals surface area contributed by atoms with Crippen LogP contribution in [0.5, 0.6) is 0 Å². The van der Waals surface area contributed by atoms with Gasteiger partial charge < -0.3 is 0 Å². The second kappa shape index (κ2) is 4.32. The molecule has 3 nitrogen and oxygen atoms in total. The third-order valence-corrected chi connectivity index (χ3v) is 2.85. The van der Waals surface area contributed by atoms with Gasteiger partial charge in [-0.05, 0) is 30.3 Å². The maximum Gasteiger partial charge on any atom is 0.432 e. The molecule has 1 aliphatic rings. The van der Waals surface area contributed by atoms with Gasteiger partial charge in [-0.3, -0.25) is 5.01 Å². The van der Waals surface area contributed by atoms with Gasteiger partial charge in [0.2, 0.25) is 0 Å². The van der Waals surface area contributed by atoms with Crippen LogP contribution in [0.4, 0.5) is 18.9 Å². The quantitative estimate of drug-likeness (QED) is 0.810. The Morgan fingerprint density at radius 2 is 1.76 bits per heavy atom. The van der Waals surface area contributed by atoms with Crippen molar-refractivity contribution in [2.75, 3.05) is 11.6 Å². The Morgan fingerprint density at radius 1 is 1.18 bits per heavy atom. The van der Waals surface area contributed by atoms with Crippen LogP contribution < -0.4 is 10.9 Å². The molecule has 0 radical (unpaired) electrons. The van der Waals surface area contributed by atoms with Gasteiger partial charge in [0.25, 0.3) is 0 Å². The minimum Gasteiger partial charge on any atom is -0.256 e. The van der Waals surface area contributed by atoms with Crippen molar-refractivity contribution in [2.45, 2.75) is 6.18 Å². The van der Waals surface area contributed by atoms with Gasteiger partial charge in [0, 0.05) is 4.47 Å². The first-order chi connectivity index (χ1) is 7.89. The lowest BCUT2D eigenvalue weighted by molar-refractivity contribution is -0.0952. The zero-order chi connectivity index (χ0) is 12.6. The molecule has 0 aromatic heterocycles. The van der Waals surface area contributed by atoms with Crippen LogP contribution >= 0.6 is 15.9 Å². The first-order valence-corrected chi connectivity index (χ1v) is 5.54. The second-order valence-electron chi connectivity index (χ2n) is 3.50. The number of halogens is 4. The van der Waals surface area contributed by atoms with Crippen molar-refractivity contribution >= 4 is 21.6 Å². The standard InChI is InChI=1S/C10H9BrF3N3/c11-7-1-3-8(4-2-7)17-9(10(12,13)14)5-6-16(17)15/h1-5H,6,15H2. The van der Waals surface area contributed by atoms with Crippen LogP contribution in [0.25, 0.3) is 0 Å². The smallest absolute Gasteiger partial charge is 0.256 e. The van der Waals surface area contributed by atoms with Gasteiger partial charge >= 0.3 is 6.18 Å². The Labute approximate surface area is 104 Å². The van der Waals surface area contributed by atoms with Crippen LogP contribution in [0, 0.1) is 0 Å². The fourth-order valence-corrected chi connectivity index (χ4v) is 1.86. The van der Waals surface area contributed by atoms with E-state index < -0.39 is 11.9 Å². The monoisotopic (exact) mass is 307 g/mol. The number of alkyl halides is 3. The Bertz CT molecular complexity index is 441. The molecule has 1 aliphatic heterocycles. The van der Waals surface area contributed by atoms with Gasteiger partial charge in [0.05, 0.1) is 12.2 Å². The van der Waals surface area contributed by atoms with E-state index in [9.17, 15) is 13.2 Å². The van der Waals surface area contributed by atoms with E-state index in [4.69, 9.17) is 5.84 Å². The molecule has 1 aromatic rings. The van der Waals surface area contributed by atoms with E-state index in [0.717, 1.165) is 20.7 Å². The van der Waals surface area contributed by atoms with Gasteiger partial charge in [-0.1, -0.05) is 15.9 Å². The average Bonchev–Trinajstić information content (AvgIpc) is 2.61. The molecule has 0 fully saturated rings. The molecule has 0 unspecified atom stereocenters. The highest BCUT2D eigenvalue weighted by atomic mass is 79.9. The van der Waals surface area contributed by atoms with Crippen molar-refractivity contribution in [1.82, 2.24) is 5.12 Å². The number of hydrogen-bond acceptors (Lipinski definition) is 3. The SMILES string of the molecule is NN1CC=C(C(F)(F)F)N1c1ccc(Br)cc1. The fraction of sp³-hybridized carbons (Fsp3) is 0.200. The average molecular weight is 308 g/mol. The summed E-state index contributed by atoms with van der Waals surface area (Å²) in [5, 5.41) is 1.97. The summed E-state index contributed by atoms with van der Waals surface area (Å²) in [5.74, 6) is 5.53.